The lowest BCUT2D eigenvalue weighted by molar-refractivity contribution is 0.474. The molecular weight excluding hydrogens is 220 g/mol. The van der Waals surface area contributed by atoms with Crippen LogP contribution in [0.2, 0.25) is 0 Å². The standard InChI is InChI=1S/C12H10N2OS/c1-8-11(15)6-12(16-8)14-7-13-9-4-2-3-5-10(9)14/h2-7,15H,1H3. The number of aromatic hydroxyl groups is 1. The zero-order valence-electron chi connectivity index (χ0n) is 8.71. The lowest BCUT2D eigenvalue weighted by atomic mass is 10.3. The second-order valence-corrected chi connectivity index (χ2v) is 4.86. The second kappa shape index (κ2) is 3.35. The molecule has 3 nitrogen and oxygen atoms in total. The Morgan fingerprint density at radius 1 is 1.31 bits per heavy atom. The van der Waals surface area contributed by atoms with Gasteiger partial charge in [-0.2, -0.15) is 0 Å². The number of rotatable bonds is 1. The summed E-state index contributed by atoms with van der Waals surface area (Å²) in [5, 5.41) is 10.6. The molecule has 0 aliphatic rings. The van der Waals surface area contributed by atoms with Gasteiger partial charge in [-0.15, -0.1) is 11.3 Å². The summed E-state index contributed by atoms with van der Waals surface area (Å²) in [6.45, 7) is 1.91. The van der Waals surface area contributed by atoms with Crippen LogP contribution in [0, 0.1) is 6.92 Å². The van der Waals surface area contributed by atoms with Crippen LogP contribution in [0.3, 0.4) is 0 Å². The molecule has 3 rings (SSSR count). The van der Waals surface area contributed by atoms with Gasteiger partial charge in [-0.25, -0.2) is 4.98 Å². The predicted octanol–water partition coefficient (Wildman–Crippen LogP) is 3.10. The first-order valence-electron chi connectivity index (χ1n) is 4.97. The molecule has 2 heterocycles. The highest BCUT2D eigenvalue weighted by molar-refractivity contribution is 7.14. The van der Waals surface area contributed by atoms with E-state index in [1.807, 2.05) is 35.8 Å². The molecule has 0 fully saturated rings. The first kappa shape index (κ1) is 9.42. The molecule has 0 saturated carbocycles. The zero-order valence-corrected chi connectivity index (χ0v) is 9.53. The van der Waals surface area contributed by atoms with Crippen molar-refractivity contribution in [2.24, 2.45) is 0 Å². The predicted molar refractivity (Wildman–Crippen MR) is 65.3 cm³/mol. The topological polar surface area (TPSA) is 38.0 Å². The van der Waals surface area contributed by atoms with Crippen molar-refractivity contribution < 1.29 is 5.11 Å². The number of benzene rings is 1. The van der Waals surface area contributed by atoms with Crippen molar-refractivity contribution in [1.82, 2.24) is 9.55 Å². The van der Waals surface area contributed by atoms with Gasteiger partial charge in [-0.1, -0.05) is 12.1 Å². The molecule has 0 atom stereocenters. The summed E-state index contributed by atoms with van der Waals surface area (Å²) in [7, 11) is 0. The zero-order chi connectivity index (χ0) is 11.1. The van der Waals surface area contributed by atoms with E-state index in [1.54, 1.807) is 23.7 Å². The fraction of sp³-hybridized carbons (Fsp3) is 0.0833. The Morgan fingerprint density at radius 3 is 2.88 bits per heavy atom. The van der Waals surface area contributed by atoms with Crippen molar-refractivity contribution in [3.8, 4) is 10.8 Å². The molecule has 3 aromatic rings. The van der Waals surface area contributed by atoms with E-state index in [9.17, 15) is 5.11 Å². The molecule has 0 radical (unpaired) electrons. The Balaban J connectivity index is 2.26. The van der Waals surface area contributed by atoms with Crippen molar-refractivity contribution >= 4 is 22.4 Å². The number of aromatic nitrogens is 2. The molecule has 0 bridgehead atoms. The monoisotopic (exact) mass is 230 g/mol. The Bertz CT molecular complexity index is 634. The Hall–Kier alpha value is -1.81. The highest BCUT2D eigenvalue weighted by atomic mass is 32.1. The van der Waals surface area contributed by atoms with Gasteiger partial charge in [0.2, 0.25) is 0 Å². The van der Waals surface area contributed by atoms with Gasteiger partial charge in [0.1, 0.15) is 17.1 Å². The maximum atomic E-state index is 9.59. The molecule has 80 valence electrons. The number of thiophene rings is 1. The van der Waals surface area contributed by atoms with Gasteiger partial charge in [0.15, 0.2) is 0 Å². The Morgan fingerprint density at radius 2 is 2.12 bits per heavy atom. The van der Waals surface area contributed by atoms with Gasteiger partial charge < -0.3 is 5.11 Å². The van der Waals surface area contributed by atoms with Crippen LogP contribution in [0.25, 0.3) is 16.0 Å². The van der Waals surface area contributed by atoms with Crippen molar-refractivity contribution in [2.75, 3.05) is 0 Å². The third-order valence-corrected chi connectivity index (χ3v) is 3.61. The van der Waals surface area contributed by atoms with Gasteiger partial charge >= 0.3 is 0 Å². The van der Waals surface area contributed by atoms with Crippen molar-refractivity contribution in [2.45, 2.75) is 6.92 Å². The van der Waals surface area contributed by atoms with E-state index in [-0.39, 0.29) is 0 Å². The first-order chi connectivity index (χ1) is 7.75. The molecule has 1 aromatic carbocycles. The highest BCUT2D eigenvalue weighted by Crippen LogP contribution is 2.31. The third-order valence-electron chi connectivity index (χ3n) is 2.57. The lowest BCUT2D eigenvalue weighted by Gasteiger charge is -1.98. The largest absolute Gasteiger partial charge is 0.507 e. The highest BCUT2D eigenvalue weighted by Gasteiger charge is 2.08. The number of imidazole rings is 1. The summed E-state index contributed by atoms with van der Waals surface area (Å²) in [5.74, 6) is 0.345. The van der Waals surface area contributed by atoms with Crippen molar-refractivity contribution in [1.29, 1.82) is 0 Å². The maximum absolute atomic E-state index is 9.59. The minimum atomic E-state index is 0.345. The van der Waals surface area contributed by atoms with Crippen molar-refractivity contribution in [3.05, 3.63) is 41.5 Å². The van der Waals surface area contributed by atoms with Gasteiger partial charge in [-0.3, -0.25) is 4.57 Å². The normalized spacial score (nSPS) is 11.1. The van der Waals surface area contributed by atoms with E-state index in [2.05, 4.69) is 4.98 Å². The van der Waals surface area contributed by atoms with Gasteiger partial charge in [0.05, 0.1) is 11.0 Å². The smallest absolute Gasteiger partial charge is 0.131 e. The second-order valence-electron chi connectivity index (χ2n) is 3.63. The van der Waals surface area contributed by atoms with Crippen LogP contribution in [0.5, 0.6) is 5.75 Å². The van der Waals surface area contributed by atoms with E-state index < -0.39 is 0 Å². The molecule has 0 spiro atoms. The van der Waals surface area contributed by atoms with Crippen LogP contribution < -0.4 is 0 Å². The maximum Gasteiger partial charge on any atom is 0.131 e. The van der Waals surface area contributed by atoms with E-state index >= 15 is 0 Å². The minimum absolute atomic E-state index is 0.345. The molecule has 1 N–H and O–H groups in total. The van der Waals surface area contributed by atoms with Gasteiger partial charge in [0, 0.05) is 10.9 Å². The molecule has 16 heavy (non-hydrogen) atoms. The average molecular weight is 230 g/mol. The number of nitrogens with zero attached hydrogens (tertiary/aromatic N) is 2. The molecule has 2 aromatic heterocycles. The van der Waals surface area contributed by atoms with Crippen LogP contribution in [0.1, 0.15) is 4.88 Å². The SMILES string of the molecule is Cc1sc(-n2cnc3ccccc32)cc1O. The van der Waals surface area contributed by atoms with E-state index in [1.165, 1.54) is 0 Å². The molecule has 0 unspecified atom stereocenters. The van der Waals surface area contributed by atoms with Gasteiger partial charge in [-0.05, 0) is 19.1 Å². The van der Waals surface area contributed by atoms with E-state index in [0.29, 0.717) is 5.75 Å². The first-order valence-corrected chi connectivity index (χ1v) is 5.79. The summed E-state index contributed by atoms with van der Waals surface area (Å²) in [4.78, 5) is 5.25. The van der Waals surface area contributed by atoms with Crippen LogP contribution in [-0.4, -0.2) is 14.7 Å². The fourth-order valence-electron chi connectivity index (χ4n) is 1.71. The fourth-order valence-corrected chi connectivity index (χ4v) is 2.60. The van der Waals surface area contributed by atoms with E-state index in [4.69, 9.17) is 0 Å². The van der Waals surface area contributed by atoms with Crippen molar-refractivity contribution in [3.63, 3.8) is 0 Å². The molecule has 0 saturated heterocycles. The summed E-state index contributed by atoms with van der Waals surface area (Å²) in [5.41, 5.74) is 2.02. The molecule has 0 aliphatic carbocycles. The van der Waals surface area contributed by atoms with E-state index in [0.717, 1.165) is 20.9 Å². The number of hydrogen-bond donors (Lipinski definition) is 1. The summed E-state index contributed by atoms with van der Waals surface area (Å²) < 4.78 is 1.99. The van der Waals surface area contributed by atoms with Crippen LogP contribution in [0.4, 0.5) is 0 Å². The van der Waals surface area contributed by atoms with Gasteiger partial charge in [0.25, 0.3) is 0 Å². The molecule has 4 heteroatoms. The summed E-state index contributed by atoms with van der Waals surface area (Å²) in [6.07, 6.45) is 1.79. The molecular formula is C12H10N2OS. The number of fused-ring (bicyclic) bond motifs is 1. The summed E-state index contributed by atoms with van der Waals surface area (Å²) >= 11 is 1.56. The Kier molecular flexibility index (Phi) is 1.97. The minimum Gasteiger partial charge on any atom is -0.507 e. The third kappa shape index (κ3) is 1.31. The number of hydrogen-bond acceptors (Lipinski definition) is 3. The number of para-hydroxylation sites is 2. The van der Waals surface area contributed by atoms with Crippen LogP contribution in [-0.2, 0) is 0 Å². The Labute approximate surface area is 96.6 Å². The summed E-state index contributed by atoms with van der Waals surface area (Å²) in [6, 6.07) is 9.73. The molecule has 0 aliphatic heterocycles. The van der Waals surface area contributed by atoms with Crippen LogP contribution in [0.15, 0.2) is 36.7 Å². The van der Waals surface area contributed by atoms with Crippen LogP contribution >= 0.6 is 11.3 Å². The molecule has 0 amide bonds. The average Bonchev–Trinajstić information content (AvgIpc) is 2.83. The lowest BCUT2D eigenvalue weighted by Crippen LogP contribution is -1.86. The number of aryl methyl sites for hydroxylation is 1. The quantitative estimate of drug-likeness (QED) is 0.697.